The maximum atomic E-state index is 13.2. The van der Waals surface area contributed by atoms with E-state index in [1.165, 1.54) is 0 Å². The van der Waals surface area contributed by atoms with Crippen molar-refractivity contribution in [2.45, 2.75) is 52.1 Å². The number of benzene rings is 2. The third-order valence-electron chi connectivity index (χ3n) is 7.06. The highest BCUT2D eigenvalue weighted by Gasteiger charge is 2.28. The van der Waals surface area contributed by atoms with Crippen LogP contribution in [0.5, 0.6) is 0 Å². The van der Waals surface area contributed by atoms with Gasteiger partial charge in [0.1, 0.15) is 6.54 Å². The molecule has 8 heteroatoms. The summed E-state index contributed by atoms with van der Waals surface area (Å²) in [6, 6.07) is 17.7. The third kappa shape index (κ3) is 7.47. The number of rotatable bonds is 8. The van der Waals surface area contributed by atoms with Crippen molar-refractivity contribution in [3.8, 4) is 0 Å². The Labute approximate surface area is 220 Å². The molecule has 0 bridgehead atoms. The number of hydrogen-bond donors (Lipinski definition) is 2. The van der Waals surface area contributed by atoms with E-state index >= 15 is 0 Å². The van der Waals surface area contributed by atoms with Crippen molar-refractivity contribution in [2.24, 2.45) is 5.92 Å². The monoisotopic (exact) mass is 505 g/mol. The van der Waals surface area contributed by atoms with Crippen molar-refractivity contribution in [2.75, 3.05) is 42.9 Å². The summed E-state index contributed by atoms with van der Waals surface area (Å²) in [4.78, 5) is 44.1. The Balaban J connectivity index is 1.31. The third-order valence-corrected chi connectivity index (χ3v) is 7.06. The maximum Gasteiger partial charge on any atom is 0.317 e. The van der Waals surface area contributed by atoms with Crippen LogP contribution in [0.3, 0.4) is 0 Å². The Bertz CT molecular complexity index is 1040. The first-order chi connectivity index (χ1) is 17.9. The molecule has 2 N–H and O–H groups in total. The van der Waals surface area contributed by atoms with E-state index in [4.69, 9.17) is 0 Å². The van der Waals surface area contributed by atoms with E-state index in [2.05, 4.69) is 15.5 Å². The molecule has 1 aliphatic heterocycles. The molecular weight excluding hydrogens is 466 g/mol. The molecule has 8 nitrogen and oxygen atoms in total. The molecular formula is C29H39N5O3. The summed E-state index contributed by atoms with van der Waals surface area (Å²) in [5.74, 6) is -0.0967. The van der Waals surface area contributed by atoms with Gasteiger partial charge in [-0.25, -0.2) is 4.79 Å². The van der Waals surface area contributed by atoms with Crippen LogP contribution in [-0.2, 0) is 16.1 Å². The minimum absolute atomic E-state index is 0.0135. The van der Waals surface area contributed by atoms with Crippen LogP contribution in [0.15, 0.2) is 54.6 Å². The molecule has 2 aliphatic rings. The molecule has 0 unspecified atom stereocenters. The fourth-order valence-corrected chi connectivity index (χ4v) is 5.08. The van der Waals surface area contributed by atoms with Gasteiger partial charge in [-0.3, -0.25) is 9.59 Å². The first-order valence-corrected chi connectivity index (χ1v) is 13.4. The zero-order chi connectivity index (χ0) is 26.2. The minimum Gasteiger partial charge on any atom is -0.368 e. The van der Waals surface area contributed by atoms with Gasteiger partial charge in [-0.05, 0) is 56.5 Å². The molecule has 0 radical (unpaired) electrons. The highest BCUT2D eigenvalue weighted by Crippen LogP contribution is 2.27. The van der Waals surface area contributed by atoms with Crippen LogP contribution < -0.4 is 15.5 Å². The van der Waals surface area contributed by atoms with Crippen LogP contribution in [0.2, 0.25) is 0 Å². The Kier molecular flexibility index (Phi) is 9.04. The number of hydrogen-bond acceptors (Lipinski definition) is 4. The van der Waals surface area contributed by atoms with Gasteiger partial charge in [-0.2, -0.15) is 0 Å². The summed E-state index contributed by atoms with van der Waals surface area (Å²) in [6.07, 6.45) is 3.97. The van der Waals surface area contributed by atoms with Crippen molar-refractivity contribution in [1.82, 2.24) is 15.1 Å². The molecule has 4 rings (SSSR count). The second-order valence-corrected chi connectivity index (χ2v) is 10.3. The van der Waals surface area contributed by atoms with Gasteiger partial charge < -0.3 is 25.3 Å². The Morgan fingerprint density at radius 3 is 2.19 bits per heavy atom. The average Bonchev–Trinajstić information content (AvgIpc) is 3.44. The van der Waals surface area contributed by atoms with Gasteiger partial charge in [0.25, 0.3) is 0 Å². The highest BCUT2D eigenvalue weighted by atomic mass is 16.2. The number of urea groups is 1. The summed E-state index contributed by atoms with van der Waals surface area (Å²) < 4.78 is 0. The first kappa shape index (κ1) is 26.5. The summed E-state index contributed by atoms with van der Waals surface area (Å²) in [5, 5.41) is 5.91. The standard InChI is InChI=1S/C29H39N5O3/c1-22(2)30-29(37)33-18-16-32(17-19-33)26-14-12-25(13-15-26)31-27(35)21-34(20-23-8-4-3-5-9-23)28(36)24-10-6-7-11-24/h3-5,8-9,12-15,22,24H,6-7,10-11,16-21H2,1-2H3,(H,30,37)(H,31,35). The predicted molar refractivity (Wildman–Crippen MR) is 146 cm³/mol. The van der Waals surface area contributed by atoms with Crippen molar-refractivity contribution < 1.29 is 14.4 Å². The maximum absolute atomic E-state index is 13.2. The summed E-state index contributed by atoms with van der Waals surface area (Å²) in [5.41, 5.74) is 2.79. The van der Waals surface area contributed by atoms with E-state index in [0.717, 1.165) is 50.0 Å². The van der Waals surface area contributed by atoms with Gasteiger partial charge in [0.15, 0.2) is 0 Å². The van der Waals surface area contributed by atoms with Crippen LogP contribution in [0.25, 0.3) is 0 Å². The van der Waals surface area contributed by atoms with E-state index in [0.29, 0.717) is 25.3 Å². The van der Waals surface area contributed by atoms with E-state index in [-0.39, 0.29) is 36.3 Å². The molecule has 0 aromatic heterocycles. The Hall–Kier alpha value is -3.55. The lowest BCUT2D eigenvalue weighted by Crippen LogP contribution is -2.52. The van der Waals surface area contributed by atoms with Crippen LogP contribution >= 0.6 is 0 Å². The number of nitrogens with zero attached hydrogens (tertiary/aromatic N) is 3. The van der Waals surface area contributed by atoms with Gasteiger partial charge >= 0.3 is 6.03 Å². The number of piperazine rings is 1. The van der Waals surface area contributed by atoms with Crippen LogP contribution in [0, 0.1) is 5.92 Å². The van der Waals surface area contributed by atoms with Gasteiger partial charge in [0.05, 0.1) is 0 Å². The molecule has 1 saturated heterocycles. The average molecular weight is 506 g/mol. The van der Waals surface area contributed by atoms with Crippen LogP contribution in [-0.4, -0.2) is 66.4 Å². The molecule has 1 aliphatic carbocycles. The molecule has 2 aromatic carbocycles. The zero-order valence-corrected chi connectivity index (χ0v) is 22.0. The second-order valence-electron chi connectivity index (χ2n) is 10.3. The molecule has 0 atom stereocenters. The molecule has 37 heavy (non-hydrogen) atoms. The van der Waals surface area contributed by atoms with Crippen LogP contribution in [0.1, 0.15) is 45.1 Å². The SMILES string of the molecule is CC(C)NC(=O)N1CCN(c2ccc(NC(=O)CN(Cc3ccccc3)C(=O)C3CCCC3)cc2)CC1. The topological polar surface area (TPSA) is 85.0 Å². The molecule has 0 spiro atoms. The number of anilines is 2. The van der Waals surface area contributed by atoms with Gasteiger partial charge in [-0.15, -0.1) is 0 Å². The quantitative estimate of drug-likeness (QED) is 0.566. The molecule has 198 valence electrons. The van der Waals surface area contributed by atoms with Gasteiger partial charge in [0.2, 0.25) is 11.8 Å². The zero-order valence-electron chi connectivity index (χ0n) is 22.0. The molecule has 4 amide bonds. The number of amides is 4. The van der Waals surface area contributed by atoms with Gasteiger partial charge in [-0.1, -0.05) is 43.2 Å². The van der Waals surface area contributed by atoms with Gasteiger partial charge in [0, 0.05) is 56.1 Å². The van der Waals surface area contributed by atoms with E-state index in [1.54, 1.807) is 4.90 Å². The van der Waals surface area contributed by atoms with Crippen molar-refractivity contribution in [3.05, 3.63) is 60.2 Å². The number of nitrogens with one attached hydrogen (secondary N) is 2. The summed E-state index contributed by atoms with van der Waals surface area (Å²) in [6.45, 7) is 7.25. The largest absolute Gasteiger partial charge is 0.368 e. The molecule has 2 aromatic rings. The molecule has 1 heterocycles. The molecule has 2 fully saturated rings. The second kappa shape index (κ2) is 12.6. The van der Waals surface area contributed by atoms with Crippen LogP contribution in [0.4, 0.5) is 16.2 Å². The lowest BCUT2D eigenvalue weighted by Gasteiger charge is -2.36. The van der Waals surface area contributed by atoms with E-state index in [9.17, 15) is 14.4 Å². The van der Waals surface area contributed by atoms with E-state index < -0.39 is 0 Å². The number of carbonyl (C=O) groups excluding carboxylic acids is 3. The van der Waals surface area contributed by atoms with Crippen molar-refractivity contribution in [3.63, 3.8) is 0 Å². The van der Waals surface area contributed by atoms with Crippen molar-refractivity contribution in [1.29, 1.82) is 0 Å². The smallest absolute Gasteiger partial charge is 0.317 e. The minimum atomic E-state index is -0.195. The summed E-state index contributed by atoms with van der Waals surface area (Å²) >= 11 is 0. The molecule has 1 saturated carbocycles. The van der Waals surface area contributed by atoms with Crippen molar-refractivity contribution >= 4 is 29.2 Å². The normalized spacial score (nSPS) is 16.1. The summed E-state index contributed by atoms with van der Waals surface area (Å²) in [7, 11) is 0. The first-order valence-electron chi connectivity index (χ1n) is 13.4. The lowest BCUT2D eigenvalue weighted by molar-refractivity contribution is -0.138. The Morgan fingerprint density at radius 2 is 1.57 bits per heavy atom. The van der Waals surface area contributed by atoms with E-state index in [1.807, 2.05) is 73.3 Å². The predicted octanol–water partition coefficient (Wildman–Crippen LogP) is 4.08. The highest BCUT2D eigenvalue weighted by molar-refractivity contribution is 5.95. The number of carbonyl (C=O) groups is 3. The Morgan fingerprint density at radius 1 is 0.919 bits per heavy atom. The lowest BCUT2D eigenvalue weighted by atomic mass is 10.1. The fourth-order valence-electron chi connectivity index (χ4n) is 5.08. The fraction of sp³-hybridized carbons (Fsp3) is 0.483.